The molecule has 3 aliphatic rings. The minimum Gasteiger partial charge on any atom is -0.493 e. The lowest BCUT2D eigenvalue weighted by molar-refractivity contribution is -0.149. The molecular formula is C21H31NO4. The third-order valence-electron chi connectivity index (χ3n) is 5.52. The summed E-state index contributed by atoms with van der Waals surface area (Å²) in [7, 11) is 1.70. The molecule has 2 heterocycles. The van der Waals surface area contributed by atoms with E-state index < -0.39 is 6.10 Å². The van der Waals surface area contributed by atoms with Crippen LogP contribution in [0.25, 0.3) is 0 Å². The molecule has 2 aliphatic heterocycles. The number of ether oxygens (including phenoxy) is 3. The van der Waals surface area contributed by atoms with Gasteiger partial charge in [-0.2, -0.15) is 0 Å². The second kappa shape index (κ2) is 6.70. The van der Waals surface area contributed by atoms with Gasteiger partial charge in [0.05, 0.1) is 31.0 Å². The quantitative estimate of drug-likeness (QED) is 0.893. The number of aliphatic hydroxyl groups excluding tert-OH is 1. The average Bonchev–Trinajstić information content (AvgIpc) is 3.38. The van der Waals surface area contributed by atoms with Crippen LogP contribution < -0.4 is 9.47 Å². The van der Waals surface area contributed by atoms with E-state index in [0.29, 0.717) is 12.5 Å². The van der Waals surface area contributed by atoms with E-state index in [9.17, 15) is 5.11 Å². The third-order valence-corrected chi connectivity index (χ3v) is 5.52. The Balaban J connectivity index is 1.57. The predicted molar refractivity (Wildman–Crippen MR) is 99.9 cm³/mol. The smallest absolute Gasteiger partial charge is 0.161 e. The zero-order valence-corrected chi connectivity index (χ0v) is 16.3. The van der Waals surface area contributed by atoms with Crippen LogP contribution in [0.15, 0.2) is 12.1 Å². The van der Waals surface area contributed by atoms with Gasteiger partial charge in [0.25, 0.3) is 0 Å². The molecule has 5 nitrogen and oxygen atoms in total. The minimum atomic E-state index is -0.449. The van der Waals surface area contributed by atoms with Gasteiger partial charge in [0, 0.05) is 19.1 Å². The molecule has 5 heteroatoms. The predicted octanol–water partition coefficient (Wildman–Crippen LogP) is 3.08. The van der Waals surface area contributed by atoms with Gasteiger partial charge in [-0.15, -0.1) is 0 Å². The van der Waals surface area contributed by atoms with E-state index in [1.54, 1.807) is 7.11 Å². The number of benzene rings is 1. The molecule has 1 N–H and O–H groups in total. The third kappa shape index (κ3) is 3.71. The van der Waals surface area contributed by atoms with E-state index in [1.807, 2.05) is 20.8 Å². The number of methoxy groups -OCH3 is 1. The standard InChI is InChI=1S/C21H31NO4/c1-21(2,3)26-20-12-22-8-7-13-9-19(25-14-5-6-14)18(24-4)10-15(13)16(22)11-17(20)23/h9-10,14,16-17,20,23H,5-8,11-12H2,1-4H3/t16-,17-,20-/m1/s1. The van der Waals surface area contributed by atoms with Crippen molar-refractivity contribution in [2.24, 2.45) is 0 Å². The Morgan fingerprint density at radius 3 is 2.58 bits per heavy atom. The van der Waals surface area contributed by atoms with Crippen molar-refractivity contribution in [3.63, 3.8) is 0 Å². The Morgan fingerprint density at radius 2 is 1.92 bits per heavy atom. The monoisotopic (exact) mass is 361 g/mol. The first-order chi connectivity index (χ1) is 12.3. The molecule has 0 bridgehead atoms. The van der Waals surface area contributed by atoms with Crippen molar-refractivity contribution < 1.29 is 19.3 Å². The summed E-state index contributed by atoms with van der Waals surface area (Å²) in [5, 5.41) is 10.7. The van der Waals surface area contributed by atoms with Gasteiger partial charge in [0.15, 0.2) is 11.5 Å². The Kier molecular flexibility index (Phi) is 4.66. The van der Waals surface area contributed by atoms with Gasteiger partial charge in [-0.3, -0.25) is 4.90 Å². The number of hydrogen-bond donors (Lipinski definition) is 1. The van der Waals surface area contributed by atoms with E-state index in [4.69, 9.17) is 14.2 Å². The van der Waals surface area contributed by atoms with Gasteiger partial charge in [0.2, 0.25) is 0 Å². The lowest BCUT2D eigenvalue weighted by Crippen LogP contribution is -2.53. The summed E-state index contributed by atoms with van der Waals surface area (Å²) in [6.45, 7) is 7.89. The molecule has 1 aliphatic carbocycles. The van der Waals surface area contributed by atoms with E-state index in [-0.39, 0.29) is 17.7 Å². The molecule has 2 fully saturated rings. The van der Waals surface area contributed by atoms with Crippen molar-refractivity contribution in [3.05, 3.63) is 23.3 Å². The normalized spacial score (nSPS) is 29.0. The molecule has 1 aromatic carbocycles. The summed E-state index contributed by atoms with van der Waals surface area (Å²) in [5.41, 5.74) is 2.35. The van der Waals surface area contributed by atoms with Crippen molar-refractivity contribution in [1.82, 2.24) is 4.90 Å². The van der Waals surface area contributed by atoms with Crippen LogP contribution in [0.2, 0.25) is 0 Å². The lowest BCUT2D eigenvalue weighted by Gasteiger charge is -2.46. The topological polar surface area (TPSA) is 51.2 Å². The van der Waals surface area contributed by atoms with Crippen LogP contribution in [0, 0.1) is 0 Å². The van der Waals surface area contributed by atoms with Gasteiger partial charge in [-0.25, -0.2) is 0 Å². The highest BCUT2D eigenvalue weighted by Crippen LogP contribution is 2.43. The van der Waals surface area contributed by atoms with Crippen LogP contribution in [0.1, 0.15) is 57.2 Å². The zero-order chi connectivity index (χ0) is 18.5. The molecule has 0 aromatic heterocycles. The Labute approximate surface area is 156 Å². The van der Waals surface area contributed by atoms with Gasteiger partial charge >= 0.3 is 0 Å². The number of piperidine rings is 1. The second-order valence-electron chi connectivity index (χ2n) is 8.85. The van der Waals surface area contributed by atoms with Crippen molar-refractivity contribution in [2.75, 3.05) is 20.2 Å². The number of nitrogens with zero attached hydrogens (tertiary/aromatic N) is 1. The molecule has 1 saturated carbocycles. The minimum absolute atomic E-state index is 0.132. The summed E-state index contributed by atoms with van der Waals surface area (Å²) in [5.74, 6) is 1.67. The molecule has 0 unspecified atom stereocenters. The summed E-state index contributed by atoms with van der Waals surface area (Å²) < 4.78 is 17.7. The van der Waals surface area contributed by atoms with Crippen LogP contribution >= 0.6 is 0 Å². The second-order valence-corrected chi connectivity index (χ2v) is 8.85. The highest BCUT2D eigenvalue weighted by Gasteiger charge is 2.40. The van der Waals surface area contributed by atoms with Crippen molar-refractivity contribution in [1.29, 1.82) is 0 Å². The molecule has 144 valence electrons. The molecule has 0 spiro atoms. The van der Waals surface area contributed by atoms with Crippen LogP contribution in [0.3, 0.4) is 0 Å². The molecule has 26 heavy (non-hydrogen) atoms. The molecule has 4 rings (SSSR count). The maximum atomic E-state index is 10.7. The largest absolute Gasteiger partial charge is 0.493 e. The summed E-state index contributed by atoms with van der Waals surface area (Å²) in [6.07, 6.45) is 3.74. The van der Waals surface area contributed by atoms with Crippen LogP contribution in [-0.2, 0) is 11.2 Å². The molecule has 0 amide bonds. The van der Waals surface area contributed by atoms with E-state index in [2.05, 4.69) is 17.0 Å². The fourth-order valence-electron chi connectivity index (χ4n) is 4.18. The maximum absolute atomic E-state index is 10.7. The molecule has 0 radical (unpaired) electrons. The fourth-order valence-corrected chi connectivity index (χ4v) is 4.18. The fraction of sp³-hybridized carbons (Fsp3) is 0.714. The SMILES string of the molecule is COc1cc2c(cc1OC1CC1)CCN1C[C@@H](OC(C)(C)C)[C@H](O)C[C@H]21. The molecular weight excluding hydrogens is 330 g/mol. The molecule has 1 saturated heterocycles. The summed E-state index contributed by atoms with van der Waals surface area (Å²) >= 11 is 0. The van der Waals surface area contributed by atoms with E-state index in [1.165, 1.54) is 11.1 Å². The van der Waals surface area contributed by atoms with Gasteiger partial charge in [-0.1, -0.05) is 0 Å². The highest BCUT2D eigenvalue weighted by molar-refractivity contribution is 5.50. The zero-order valence-electron chi connectivity index (χ0n) is 16.3. The van der Waals surface area contributed by atoms with Crippen molar-refractivity contribution in [3.8, 4) is 11.5 Å². The first kappa shape index (κ1) is 18.1. The Bertz CT molecular complexity index is 665. The number of fused-ring (bicyclic) bond motifs is 3. The summed E-state index contributed by atoms with van der Waals surface area (Å²) in [4.78, 5) is 2.45. The highest BCUT2D eigenvalue weighted by atomic mass is 16.5. The maximum Gasteiger partial charge on any atom is 0.161 e. The van der Waals surface area contributed by atoms with E-state index in [0.717, 1.165) is 43.9 Å². The first-order valence-corrected chi connectivity index (χ1v) is 9.81. The van der Waals surface area contributed by atoms with Gasteiger partial charge in [0.1, 0.15) is 0 Å². The number of aliphatic hydroxyl groups is 1. The number of rotatable bonds is 4. The molecule has 1 aromatic rings. The van der Waals surface area contributed by atoms with Crippen LogP contribution in [0.5, 0.6) is 11.5 Å². The average molecular weight is 361 g/mol. The number of hydrogen-bond acceptors (Lipinski definition) is 5. The first-order valence-electron chi connectivity index (χ1n) is 9.81. The summed E-state index contributed by atoms with van der Waals surface area (Å²) in [6, 6.07) is 4.51. The molecule has 3 atom stereocenters. The Morgan fingerprint density at radius 1 is 1.15 bits per heavy atom. The van der Waals surface area contributed by atoms with Crippen LogP contribution in [-0.4, -0.2) is 54.1 Å². The van der Waals surface area contributed by atoms with Crippen molar-refractivity contribution in [2.45, 2.75) is 76.4 Å². The lowest BCUT2D eigenvalue weighted by atomic mass is 9.84. The van der Waals surface area contributed by atoms with Gasteiger partial charge in [-0.05, 0) is 69.7 Å². The van der Waals surface area contributed by atoms with E-state index >= 15 is 0 Å². The van der Waals surface area contributed by atoms with Crippen molar-refractivity contribution >= 4 is 0 Å². The van der Waals surface area contributed by atoms with Gasteiger partial charge < -0.3 is 19.3 Å². The Hall–Kier alpha value is -1.30. The van der Waals surface area contributed by atoms with Crippen LogP contribution in [0.4, 0.5) is 0 Å².